The molecule has 8 nitrogen and oxygen atoms in total. The molecule has 2 aliphatic heterocycles. The van der Waals surface area contributed by atoms with Crippen LogP contribution in [0, 0.1) is 0 Å². The molecular formula is C21H26N6O2. The lowest BCUT2D eigenvalue weighted by Gasteiger charge is -2.42. The normalized spacial score (nSPS) is 18.6. The molecule has 3 amide bonds. The lowest BCUT2D eigenvalue weighted by atomic mass is 9.85. The van der Waals surface area contributed by atoms with E-state index in [2.05, 4.69) is 20.2 Å². The van der Waals surface area contributed by atoms with Gasteiger partial charge in [-0.1, -0.05) is 30.3 Å². The van der Waals surface area contributed by atoms with Gasteiger partial charge in [-0.05, 0) is 31.4 Å². The average Bonchev–Trinajstić information content (AvgIpc) is 2.92. The zero-order valence-electron chi connectivity index (χ0n) is 16.8. The van der Waals surface area contributed by atoms with Crippen LogP contribution in [0.1, 0.15) is 25.3 Å². The van der Waals surface area contributed by atoms with Crippen molar-refractivity contribution < 1.29 is 9.59 Å². The van der Waals surface area contributed by atoms with Crippen molar-refractivity contribution in [2.45, 2.75) is 31.8 Å². The number of nitrogens with one attached hydrogen (secondary N) is 1. The third-order valence-electron chi connectivity index (χ3n) is 5.79. The van der Waals surface area contributed by atoms with Gasteiger partial charge in [-0.25, -0.2) is 9.78 Å². The molecule has 1 aromatic carbocycles. The third kappa shape index (κ3) is 3.39. The summed E-state index contributed by atoms with van der Waals surface area (Å²) in [7, 11) is 1.58. The minimum absolute atomic E-state index is 0.111. The minimum Gasteiger partial charge on any atom is -0.370 e. The number of urea groups is 1. The highest BCUT2D eigenvalue weighted by Crippen LogP contribution is 2.38. The Kier molecular flexibility index (Phi) is 5.08. The van der Waals surface area contributed by atoms with E-state index in [0.717, 1.165) is 17.9 Å². The fourth-order valence-corrected chi connectivity index (χ4v) is 4.20. The fourth-order valence-electron chi connectivity index (χ4n) is 4.20. The number of piperidine rings is 1. The SMILES string of the molecule is CCNc1ccnc(N2CCC3(CC2)C(=O)N(C)C(=O)N3Cc2ccccc2)n1. The maximum Gasteiger partial charge on any atom is 0.327 e. The van der Waals surface area contributed by atoms with Gasteiger partial charge in [0.05, 0.1) is 0 Å². The fraction of sp³-hybridized carbons (Fsp3) is 0.429. The van der Waals surface area contributed by atoms with Crippen molar-refractivity contribution in [1.82, 2.24) is 19.8 Å². The number of rotatable bonds is 5. The number of amides is 3. The van der Waals surface area contributed by atoms with Crippen molar-refractivity contribution in [3.8, 4) is 0 Å². The van der Waals surface area contributed by atoms with E-state index < -0.39 is 5.54 Å². The van der Waals surface area contributed by atoms with Gasteiger partial charge in [-0.15, -0.1) is 0 Å². The van der Waals surface area contributed by atoms with Gasteiger partial charge in [0, 0.05) is 39.4 Å². The highest BCUT2D eigenvalue weighted by molar-refractivity contribution is 6.06. The molecule has 1 N–H and O–H groups in total. The van der Waals surface area contributed by atoms with Gasteiger partial charge in [-0.2, -0.15) is 4.98 Å². The topological polar surface area (TPSA) is 81.7 Å². The summed E-state index contributed by atoms with van der Waals surface area (Å²) in [6, 6.07) is 11.4. The molecule has 0 unspecified atom stereocenters. The smallest absolute Gasteiger partial charge is 0.327 e. The van der Waals surface area contributed by atoms with Gasteiger partial charge >= 0.3 is 6.03 Å². The van der Waals surface area contributed by atoms with Gasteiger partial charge in [-0.3, -0.25) is 9.69 Å². The zero-order chi connectivity index (χ0) is 20.4. The second-order valence-electron chi connectivity index (χ2n) is 7.51. The van der Waals surface area contributed by atoms with Crippen LogP contribution in [0.15, 0.2) is 42.6 Å². The number of nitrogens with zero attached hydrogens (tertiary/aromatic N) is 5. The standard InChI is InChI=1S/C21H26N6O2/c1-3-22-17-9-12-23-19(24-17)26-13-10-21(11-14-26)18(28)25(2)20(29)27(21)15-16-7-5-4-6-8-16/h4-9,12H,3,10-11,13-15H2,1-2H3,(H,22,23,24). The highest BCUT2D eigenvalue weighted by atomic mass is 16.2. The van der Waals surface area contributed by atoms with Crippen molar-refractivity contribution in [3.05, 3.63) is 48.2 Å². The van der Waals surface area contributed by atoms with Gasteiger partial charge in [0.15, 0.2) is 0 Å². The van der Waals surface area contributed by atoms with Crippen LogP contribution in [0.4, 0.5) is 16.6 Å². The number of benzene rings is 1. The summed E-state index contributed by atoms with van der Waals surface area (Å²) in [6.45, 7) is 4.48. The van der Waals surface area contributed by atoms with Gasteiger partial charge in [0.25, 0.3) is 5.91 Å². The molecule has 8 heteroatoms. The van der Waals surface area contributed by atoms with Crippen LogP contribution in [0.5, 0.6) is 0 Å². The van der Waals surface area contributed by atoms with Crippen molar-refractivity contribution in [2.24, 2.45) is 0 Å². The molecule has 2 saturated heterocycles. The highest BCUT2D eigenvalue weighted by Gasteiger charge is 2.56. The largest absolute Gasteiger partial charge is 0.370 e. The molecule has 29 heavy (non-hydrogen) atoms. The molecule has 0 radical (unpaired) electrons. The molecule has 2 fully saturated rings. The Balaban J connectivity index is 1.55. The van der Waals surface area contributed by atoms with Crippen LogP contribution in [0.2, 0.25) is 0 Å². The Morgan fingerprint density at radius 2 is 1.83 bits per heavy atom. The number of imide groups is 1. The summed E-state index contributed by atoms with van der Waals surface area (Å²) < 4.78 is 0. The van der Waals surface area contributed by atoms with E-state index >= 15 is 0 Å². The van der Waals surface area contributed by atoms with E-state index in [1.54, 1.807) is 18.1 Å². The quantitative estimate of drug-likeness (QED) is 0.784. The van der Waals surface area contributed by atoms with Crippen LogP contribution >= 0.6 is 0 Å². The molecule has 3 heterocycles. The molecule has 1 aromatic heterocycles. The van der Waals surface area contributed by atoms with Crippen molar-refractivity contribution in [3.63, 3.8) is 0 Å². The second-order valence-corrected chi connectivity index (χ2v) is 7.51. The number of likely N-dealkylation sites (N-methyl/N-ethyl adjacent to an activating group) is 1. The van der Waals surface area contributed by atoms with Crippen molar-refractivity contribution in [1.29, 1.82) is 0 Å². The zero-order valence-corrected chi connectivity index (χ0v) is 16.8. The summed E-state index contributed by atoms with van der Waals surface area (Å²) in [6.07, 6.45) is 2.86. The Bertz CT molecular complexity index is 895. The molecule has 2 aromatic rings. The van der Waals surface area contributed by atoms with Gasteiger partial charge < -0.3 is 15.1 Å². The predicted octanol–water partition coefficient (Wildman–Crippen LogP) is 2.34. The van der Waals surface area contributed by atoms with Crippen LogP contribution in [0.3, 0.4) is 0 Å². The second kappa shape index (κ2) is 7.69. The molecule has 0 bridgehead atoms. The molecule has 4 rings (SSSR count). The van der Waals surface area contributed by atoms with Crippen molar-refractivity contribution >= 4 is 23.7 Å². The van der Waals surface area contributed by atoms with E-state index in [0.29, 0.717) is 38.4 Å². The molecule has 0 aliphatic carbocycles. The number of carbonyl (C=O) groups excluding carboxylic acids is 2. The molecule has 0 atom stereocenters. The van der Waals surface area contributed by atoms with E-state index in [4.69, 9.17) is 0 Å². The lowest BCUT2D eigenvalue weighted by Crippen LogP contribution is -2.56. The Hall–Kier alpha value is -3.16. The first kappa shape index (κ1) is 19.2. The Labute approximate surface area is 170 Å². The summed E-state index contributed by atoms with van der Waals surface area (Å²) in [5.41, 5.74) is 0.227. The first-order valence-corrected chi connectivity index (χ1v) is 10.0. The molecule has 1 spiro atoms. The molecule has 2 aliphatic rings. The maximum absolute atomic E-state index is 13.1. The summed E-state index contributed by atoms with van der Waals surface area (Å²) in [4.78, 5) is 40.0. The number of hydrogen-bond donors (Lipinski definition) is 1. The number of hydrogen-bond acceptors (Lipinski definition) is 6. The Morgan fingerprint density at radius 1 is 1.10 bits per heavy atom. The van der Waals surface area contributed by atoms with Crippen LogP contribution in [-0.2, 0) is 11.3 Å². The number of aromatic nitrogens is 2. The predicted molar refractivity (Wildman–Crippen MR) is 111 cm³/mol. The van der Waals surface area contributed by atoms with E-state index in [9.17, 15) is 9.59 Å². The molecular weight excluding hydrogens is 368 g/mol. The van der Waals surface area contributed by atoms with E-state index in [1.807, 2.05) is 43.3 Å². The summed E-state index contributed by atoms with van der Waals surface area (Å²) in [5, 5.41) is 3.20. The lowest BCUT2D eigenvalue weighted by molar-refractivity contribution is -0.133. The van der Waals surface area contributed by atoms with Crippen LogP contribution in [0.25, 0.3) is 0 Å². The van der Waals surface area contributed by atoms with Gasteiger partial charge in [0.1, 0.15) is 11.4 Å². The van der Waals surface area contributed by atoms with E-state index in [-0.39, 0.29) is 11.9 Å². The summed E-state index contributed by atoms with van der Waals surface area (Å²) in [5.74, 6) is 1.33. The monoisotopic (exact) mass is 394 g/mol. The number of carbonyl (C=O) groups is 2. The number of anilines is 2. The first-order valence-electron chi connectivity index (χ1n) is 10.0. The maximum atomic E-state index is 13.1. The minimum atomic E-state index is -0.794. The Morgan fingerprint density at radius 3 is 2.52 bits per heavy atom. The van der Waals surface area contributed by atoms with Crippen molar-refractivity contribution in [2.75, 3.05) is 36.9 Å². The van der Waals surface area contributed by atoms with Crippen LogP contribution < -0.4 is 10.2 Å². The van der Waals surface area contributed by atoms with Crippen LogP contribution in [-0.4, -0.2) is 63.9 Å². The molecule has 0 saturated carbocycles. The van der Waals surface area contributed by atoms with Gasteiger partial charge in [0.2, 0.25) is 5.95 Å². The van der Waals surface area contributed by atoms with E-state index in [1.165, 1.54) is 4.90 Å². The average molecular weight is 394 g/mol. The molecule has 152 valence electrons. The summed E-state index contributed by atoms with van der Waals surface area (Å²) >= 11 is 0. The third-order valence-corrected chi connectivity index (χ3v) is 5.79. The first-order chi connectivity index (χ1) is 14.0.